The van der Waals surface area contributed by atoms with E-state index >= 15 is 0 Å². The van der Waals surface area contributed by atoms with E-state index in [1.807, 2.05) is 0 Å². The molecule has 26 heavy (non-hydrogen) atoms. The Morgan fingerprint density at radius 3 is 2.73 bits per heavy atom. The molecule has 6 nitrogen and oxygen atoms in total. The van der Waals surface area contributed by atoms with Gasteiger partial charge in [-0.15, -0.1) is 0 Å². The van der Waals surface area contributed by atoms with Gasteiger partial charge in [0.2, 0.25) is 0 Å². The highest BCUT2D eigenvalue weighted by Crippen LogP contribution is 2.23. The summed E-state index contributed by atoms with van der Waals surface area (Å²) in [6.07, 6.45) is 1.72. The van der Waals surface area contributed by atoms with Gasteiger partial charge >= 0.3 is 0 Å². The molecule has 2 aromatic carbocycles. The summed E-state index contributed by atoms with van der Waals surface area (Å²) >= 11 is 0. The van der Waals surface area contributed by atoms with E-state index in [0.717, 1.165) is 18.9 Å². The molecule has 0 aliphatic carbocycles. The van der Waals surface area contributed by atoms with Crippen LogP contribution in [0.1, 0.15) is 23.2 Å². The van der Waals surface area contributed by atoms with E-state index < -0.39 is 15.8 Å². The van der Waals surface area contributed by atoms with E-state index in [4.69, 9.17) is 5.73 Å². The van der Waals surface area contributed by atoms with E-state index in [1.54, 1.807) is 11.0 Å². The number of amides is 1. The van der Waals surface area contributed by atoms with Crippen molar-refractivity contribution in [2.75, 3.05) is 17.8 Å². The van der Waals surface area contributed by atoms with Crippen molar-refractivity contribution in [3.63, 3.8) is 0 Å². The molecule has 0 radical (unpaired) electrons. The molecule has 1 saturated heterocycles. The third-order valence-corrected chi connectivity index (χ3v) is 5.78. The van der Waals surface area contributed by atoms with Gasteiger partial charge in [0.25, 0.3) is 15.9 Å². The fourth-order valence-electron chi connectivity index (χ4n) is 3.06. The maximum absolute atomic E-state index is 13.7. The molecular formula is C18H20FN3O3S. The SMILES string of the molecule is NCC1CCCN1C(=O)c1cccc(S(=O)(=O)Nc2ccccc2F)c1. The summed E-state index contributed by atoms with van der Waals surface area (Å²) in [6, 6.07) is 11.2. The van der Waals surface area contributed by atoms with Crippen LogP contribution in [-0.2, 0) is 10.0 Å². The maximum atomic E-state index is 13.7. The number of rotatable bonds is 5. The summed E-state index contributed by atoms with van der Waals surface area (Å²) in [5, 5.41) is 0. The van der Waals surface area contributed by atoms with Crippen molar-refractivity contribution in [2.24, 2.45) is 5.73 Å². The van der Waals surface area contributed by atoms with Gasteiger partial charge < -0.3 is 10.6 Å². The van der Waals surface area contributed by atoms with Crippen molar-refractivity contribution in [1.82, 2.24) is 4.90 Å². The lowest BCUT2D eigenvalue weighted by molar-refractivity contribution is 0.0741. The van der Waals surface area contributed by atoms with Gasteiger partial charge in [0.15, 0.2) is 0 Å². The maximum Gasteiger partial charge on any atom is 0.262 e. The van der Waals surface area contributed by atoms with E-state index in [9.17, 15) is 17.6 Å². The third-order valence-electron chi connectivity index (χ3n) is 4.42. The molecule has 1 aliphatic rings. The second kappa shape index (κ2) is 7.43. The molecular weight excluding hydrogens is 357 g/mol. The molecule has 0 spiro atoms. The summed E-state index contributed by atoms with van der Waals surface area (Å²) in [6.45, 7) is 0.976. The number of benzene rings is 2. The average Bonchev–Trinajstić information content (AvgIpc) is 3.12. The Morgan fingerprint density at radius 2 is 2.00 bits per heavy atom. The van der Waals surface area contributed by atoms with Crippen LogP contribution < -0.4 is 10.5 Å². The normalized spacial score (nSPS) is 17.3. The molecule has 2 aromatic rings. The fraction of sp³-hybridized carbons (Fsp3) is 0.278. The predicted molar refractivity (Wildman–Crippen MR) is 96.8 cm³/mol. The van der Waals surface area contributed by atoms with Crippen LogP contribution >= 0.6 is 0 Å². The van der Waals surface area contributed by atoms with Crippen LogP contribution in [0, 0.1) is 5.82 Å². The van der Waals surface area contributed by atoms with Crippen LogP contribution in [0.5, 0.6) is 0 Å². The van der Waals surface area contributed by atoms with Crippen molar-refractivity contribution < 1.29 is 17.6 Å². The van der Waals surface area contributed by atoms with Gasteiger partial charge in [-0.3, -0.25) is 9.52 Å². The van der Waals surface area contributed by atoms with Gasteiger partial charge in [0.1, 0.15) is 5.82 Å². The molecule has 138 valence electrons. The molecule has 1 atom stereocenters. The van der Waals surface area contributed by atoms with Crippen molar-refractivity contribution in [2.45, 2.75) is 23.8 Å². The monoisotopic (exact) mass is 377 g/mol. The molecule has 1 unspecified atom stereocenters. The largest absolute Gasteiger partial charge is 0.334 e. The van der Waals surface area contributed by atoms with Crippen LogP contribution in [0.15, 0.2) is 53.4 Å². The van der Waals surface area contributed by atoms with Gasteiger partial charge in [-0.25, -0.2) is 12.8 Å². The fourth-order valence-corrected chi connectivity index (χ4v) is 4.17. The number of carbonyl (C=O) groups excluding carboxylic acids is 1. The molecule has 8 heteroatoms. The van der Waals surface area contributed by atoms with Gasteiger partial charge in [0.05, 0.1) is 10.6 Å². The number of likely N-dealkylation sites (tertiary alicyclic amines) is 1. The minimum absolute atomic E-state index is 0.0284. The van der Waals surface area contributed by atoms with E-state index in [1.165, 1.54) is 36.4 Å². The number of nitrogens with one attached hydrogen (secondary N) is 1. The summed E-state index contributed by atoms with van der Waals surface area (Å²) in [5.74, 6) is -0.924. The molecule has 3 rings (SSSR count). The second-order valence-electron chi connectivity index (χ2n) is 6.14. The Hall–Kier alpha value is -2.45. The zero-order valence-electron chi connectivity index (χ0n) is 14.1. The predicted octanol–water partition coefficient (Wildman–Crippen LogP) is 2.19. The number of sulfonamides is 1. The first kappa shape index (κ1) is 18.3. The van der Waals surface area contributed by atoms with Crippen molar-refractivity contribution in [3.8, 4) is 0 Å². The van der Waals surface area contributed by atoms with Gasteiger partial charge in [-0.2, -0.15) is 0 Å². The molecule has 3 N–H and O–H groups in total. The average molecular weight is 377 g/mol. The lowest BCUT2D eigenvalue weighted by Gasteiger charge is -2.23. The van der Waals surface area contributed by atoms with Gasteiger partial charge in [-0.05, 0) is 43.2 Å². The van der Waals surface area contributed by atoms with Crippen LogP contribution in [0.2, 0.25) is 0 Å². The first-order valence-electron chi connectivity index (χ1n) is 8.31. The number of halogens is 1. The number of nitrogens with zero attached hydrogens (tertiary/aromatic N) is 1. The highest BCUT2D eigenvalue weighted by molar-refractivity contribution is 7.92. The first-order valence-corrected chi connectivity index (χ1v) is 9.79. The number of anilines is 1. The number of hydrogen-bond acceptors (Lipinski definition) is 4. The smallest absolute Gasteiger partial charge is 0.262 e. The quantitative estimate of drug-likeness (QED) is 0.835. The third kappa shape index (κ3) is 3.71. The van der Waals surface area contributed by atoms with Crippen LogP contribution in [0.25, 0.3) is 0 Å². The Bertz CT molecular complexity index is 917. The molecule has 0 aromatic heterocycles. The summed E-state index contributed by atoms with van der Waals surface area (Å²) in [5.41, 5.74) is 5.82. The number of carbonyl (C=O) groups is 1. The number of para-hydroxylation sites is 1. The molecule has 0 bridgehead atoms. The number of hydrogen-bond donors (Lipinski definition) is 2. The highest BCUT2D eigenvalue weighted by atomic mass is 32.2. The van der Waals surface area contributed by atoms with Crippen molar-refractivity contribution in [3.05, 3.63) is 59.9 Å². The summed E-state index contributed by atoms with van der Waals surface area (Å²) in [4.78, 5) is 14.3. The van der Waals surface area contributed by atoms with Gasteiger partial charge in [0, 0.05) is 24.7 Å². The molecule has 1 fully saturated rings. The van der Waals surface area contributed by atoms with E-state index in [0.29, 0.717) is 13.1 Å². The topological polar surface area (TPSA) is 92.5 Å². The van der Waals surface area contributed by atoms with Crippen LogP contribution in [-0.4, -0.2) is 38.4 Å². The molecule has 1 aliphatic heterocycles. The van der Waals surface area contributed by atoms with Crippen LogP contribution in [0.3, 0.4) is 0 Å². The Kier molecular flexibility index (Phi) is 5.24. The minimum atomic E-state index is -4.02. The number of nitrogens with two attached hydrogens (primary N) is 1. The molecule has 1 heterocycles. The lowest BCUT2D eigenvalue weighted by Crippen LogP contribution is -2.39. The highest BCUT2D eigenvalue weighted by Gasteiger charge is 2.29. The Morgan fingerprint density at radius 1 is 1.23 bits per heavy atom. The second-order valence-corrected chi connectivity index (χ2v) is 7.83. The Balaban J connectivity index is 1.87. The summed E-state index contributed by atoms with van der Waals surface area (Å²) in [7, 11) is -4.02. The molecule has 1 amide bonds. The molecule has 0 saturated carbocycles. The van der Waals surface area contributed by atoms with Crippen molar-refractivity contribution in [1.29, 1.82) is 0 Å². The zero-order chi connectivity index (χ0) is 18.7. The standard InChI is InChI=1S/C18H20FN3O3S/c19-16-8-1-2-9-17(16)21-26(24,25)15-7-3-5-13(11-15)18(23)22-10-4-6-14(22)12-20/h1-3,5,7-9,11,14,21H,4,6,10,12,20H2. The van der Waals surface area contributed by atoms with Gasteiger partial charge in [-0.1, -0.05) is 18.2 Å². The van der Waals surface area contributed by atoms with Crippen molar-refractivity contribution >= 4 is 21.6 Å². The van der Waals surface area contributed by atoms with E-state index in [2.05, 4.69) is 4.72 Å². The lowest BCUT2D eigenvalue weighted by atomic mass is 10.1. The summed E-state index contributed by atoms with van der Waals surface area (Å²) < 4.78 is 41.0. The first-order chi connectivity index (χ1) is 12.4. The minimum Gasteiger partial charge on any atom is -0.334 e. The zero-order valence-corrected chi connectivity index (χ0v) is 14.9. The van der Waals surface area contributed by atoms with E-state index in [-0.39, 0.29) is 28.1 Å². The Labute approximate surface area is 151 Å². The van der Waals surface area contributed by atoms with Crippen LogP contribution in [0.4, 0.5) is 10.1 Å².